The number of amides is 1. The Hall–Kier alpha value is -2.81. The molecule has 6 heteroatoms. The fourth-order valence-corrected chi connectivity index (χ4v) is 3.16. The number of nitriles is 1. The van der Waals surface area contributed by atoms with Gasteiger partial charge in [0.1, 0.15) is 11.6 Å². The van der Waals surface area contributed by atoms with Gasteiger partial charge in [-0.15, -0.1) is 0 Å². The molecule has 0 saturated heterocycles. The number of hydrogen-bond acceptors (Lipinski definition) is 5. The van der Waals surface area contributed by atoms with E-state index < -0.39 is 5.97 Å². The second kappa shape index (κ2) is 9.77. The van der Waals surface area contributed by atoms with E-state index in [0.717, 1.165) is 30.5 Å². The van der Waals surface area contributed by atoms with Gasteiger partial charge in [0.05, 0.1) is 0 Å². The maximum absolute atomic E-state index is 12.1. The van der Waals surface area contributed by atoms with Crippen LogP contribution in [-0.2, 0) is 14.3 Å². The lowest BCUT2D eigenvalue weighted by atomic mass is 9.86. The molecule has 0 radical (unpaired) electrons. The summed E-state index contributed by atoms with van der Waals surface area (Å²) >= 11 is 0. The number of anilines is 1. The van der Waals surface area contributed by atoms with Crippen LogP contribution >= 0.6 is 0 Å². The van der Waals surface area contributed by atoms with Crippen LogP contribution in [0.4, 0.5) is 5.69 Å². The highest BCUT2D eigenvalue weighted by molar-refractivity contribution is 5.98. The summed E-state index contributed by atoms with van der Waals surface area (Å²) < 4.78 is 5.02. The predicted molar refractivity (Wildman–Crippen MR) is 105 cm³/mol. The van der Waals surface area contributed by atoms with Gasteiger partial charge in [0.15, 0.2) is 6.61 Å². The van der Waals surface area contributed by atoms with Gasteiger partial charge in [0.2, 0.25) is 0 Å². The number of nitrogens with zero attached hydrogens (tertiary/aromatic N) is 2. The van der Waals surface area contributed by atoms with Crippen LogP contribution in [0.5, 0.6) is 0 Å². The molecule has 0 bridgehead atoms. The summed E-state index contributed by atoms with van der Waals surface area (Å²) in [6.07, 6.45) is 5.80. The van der Waals surface area contributed by atoms with Crippen LogP contribution in [-0.4, -0.2) is 38.6 Å². The van der Waals surface area contributed by atoms with E-state index in [-0.39, 0.29) is 24.1 Å². The van der Waals surface area contributed by atoms with Crippen LogP contribution in [0.25, 0.3) is 6.08 Å². The van der Waals surface area contributed by atoms with Crippen LogP contribution in [0, 0.1) is 17.2 Å². The van der Waals surface area contributed by atoms with Crippen molar-refractivity contribution in [2.45, 2.75) is 38.6 Å². The Morgan fingerprint density at radius 1 is 1.26 bits per heavy atom. The van der Waals surface area contributed by atoms with Gasteiger partial charge >= 0.3 is 5.97 Å². The fraction of sp³-hybridized carbons (Fsp3) is 0.476. The van der Waals surface area contributed by atoms with E-state index in [1.165, 1.54) is 12.5 Å². The van der Waals surface area contributed by atoms with Crippen LogP contribution in [0.2, 0.25) is 0 Å². The molecule has 0 heterocycles. The number of carbonyl (C=O) groups is 2. The van der Waals surface area contributed by atoms with E-state index in [2.05, 4.69) is 12.2 Å². The third kappa shape index (κ3) is 6.14. The number of hydrogen-bond donors (Lipinski definition) is 1. The summed E-state index contributed by atoms with van der Waals surface area (Å²) in [6.45, 7) is 1.74. The first kappa shape index (κ1) is 20.5. The van der Waals surface area contributed by atoms with Gasteiger partial charge in [0.25, 0.3) is 5.91 Å². The van der Waals surface area contributed by atoms with Crippen molar-refractivity contribution in [2.75, 3.05) is 25.6 Å². The summed E-state index contributed by atoms with van der Waals surface area (Å²) in [7, 11) is 3.87. The first-order valence-electron chi connectivity index (χ1n) is 9.26. The second-order valence-electron chi connectivity index (χ2n) is 7.17. The second-order valence-corrected chi connectivity index (χ2v) is 7.17. The molecule has 1 aliphatic rings. The topological polar surface area (TPSA) is 82.4 Å². The van der Waals surface area contributed by atoms with Crippen molar-refractivity contribution in [3.63, 3.8) is 0 Å². The fourth-order valence-electron chi connectivity index (χ4n) is 3.16. The lowest BCUT2D eigenvalue weighted by molar-refractivity contribution is -0.144. The SMILES string of the molecule is C[C@@H]1CCCC[C@H]1NC(=O)COC(=O)/C(C#N)=C/c1ccc(N(C)C)cc1. The summed E-state index contributed by atoms with van der Waals surface area (Å²) in [6, 6.07) is 9.40. The molecule has 27 heavy (non-hydrogen) atoms. The van der Waals surface area contributed by atoms with Gasteiger partial charge in [-0.05, 0) is 42.5 Å². The molecule has 0 aliphatic heterocycles. The van der Waals surface area contributed by atoms with Crippen LogP contribution in [0.3, 0.4) is 0 Å². The molecule has 1 aromatic rings. The number of carbonyl (C=O) groups excluding carboxylic acids is 2. The van der Waals surface area contributed by atoms with E-state index in [9.17, 15) is 14.9 Å². The van der Waals surface area contributed by atoms with Gasteiger partial charge < -0.3 is 15.0 Å². The van der Waals surface area contributed by atoms with Gasteiger partial charge in [-0.1, -0.05) is 31.9 Å². The van der Waals surface area contributed by atoms with Gasteiger partial charge in [-0.2, -0.15) is 5.26 Å². The summed E-state index contributed by atoms with van der Waals surface area (Å²) in [5, 5.41) is 12.2. The van der Waals surface area contributed by atoms with Crippen LogP contribution < -0.4 is 10.2 Å². The average Bonchev–Trinajstić information content (AvgIpc) is 2.66. The zero-order valence-corrected chi connectivity index (χ0v) is 16.2. The molecular formula is C21H27N3O3. The number of esters is 1. The smallest absolute Gasteiger partial charge is 0.349 e. The Labute approximate surface area is 160 Å². The van der Waals surface area contributed by atoms with Crippen molar-refractivity contribution in [3.05, 3.63) is 35.4 Å². The molecule has 0 unspecified atom stereocenters. The molecule has 1 aromatic carbocycles. The number of nitrogens with one attached hydrogen (secondary N) is 1. The highest BCUT2D eigenvalue weighted by atomic mass is 16.5. The maximum atomic E-state index is 12.1. The molecule has 2 atom stereocenters. The Balaban J connectivity index is 1.90. The normalized spacial score (nSPS) is 19.7. The lowest BCUT2D eigenvalue weighted by Crippen LogP contribution is -2.42. The van der Waals surface area contributed by atoms with Gasteiger partial charge in [-0.3, -0.25) is 4.79 Å². The Morgan fingerprint density at radius 2 is 1.93 bits per heavy atom. The molecular weight excluding hydrogens is 342 g/mol. The van der Waals surface area contributed by atoms with Gasteiger partial charge in [0, 0.05) is 25.8 Å². The monoisotopic (exact) mass is 369 g/mol. The highest BCUT2D eigenvalue weighted by Crippen LogP contribution is 2.23. The van der Waals surface area contributed by atoms with Gasteiger partial charge in [-0.25, -0.2) is 4.79 Å². The average molecular weight is 369 g/mol. The molecule has 1 amide bonds. The van der Waals surface area contributed by atoms with E-state index in [4.69, 9.17) is 4.74 Å². The zero-order valence-electron chi connectivity index (χ0n) is 16.2. The molecule has 1 fully saturated rings. The number of rotatable bonds is 6. The molecule has 1 saturated carbocycles. The Kier molecular flexibility index (Phi) is 7.42. The number of benzene rings is 1. The third-order valence-corrected chi connectivity index (χ3v) is 4.85. The quantitative estimate of drug-likeness (QED) is 0.474. The first-order valence-corrected chi connectivity index (χ1v) is 9.26. The predicted octanol–water partition coefficient (Wildman–Crippen LogP) is 2.90. The van der Waals surface area contributed by atoms with Crippen molar-refractivity contribution in [2.24, 2.45) is 5.92 Å². The van der Waals surface area contributed by atoms with Crippen LogP contribution in [0.1, 0.15) is 38.2 Å². The van der Waals surface area contributed by atoms with E-state index >= 15 is 0 Å². The molecule has 0 spiro atoms. The molecule has 6 nitrogen and oxygen atoms in total. The number of ether oxygens (including phenoxy) is 1. The Bertz CT molecular complexity index is 732. The largest absolute Gasteiger partial charge is 0.451 e. The zero-order chi connectivity index (χ0) is 19.8. The molecule has 144 valence electrons. The lowest BCUT2D eigenvalue weighted by Gasteiger charge is -2.29. The summed E-state index contributed by atoms with van der Waals surface area (Å²) in [5.74, 6) is -0.686. The minimum atomic E-state index is -0.791. The Morgan fingerprint density at radius 3 is 2.52 bits per heavy atom. The van der Waals surface area contributed by atoms with Crippen molar-refractivity contribution in [1.82, 2.24) is 5.32 Å². The molecule has 2 rings (SSSR count). The minimum Gasteiger partial charge on any atom is -0.451 e. The maximum Gasteiger partial charge on any atom is 0.349 e. The first-order chi connectivity index (χ1) is 12.9. The van der Waals surface area contributed by atoms with Crippen molar-refractivity contribution >= 4 is 23.6 Å². The van der Waals surface area contributed by atoms with E-state index in [1.54, 1.807) is 0 Å². The summed E-state index contributed by atoms with van der Waals surface area (Å²) in [5.41, 5.74) is 1.60. The standard InChI is InChI=1S/C21H27N3O3/c1-15-6-4-5-7-19(15)23-20(25)14-27-21(26)17(13-22)12-16-8-10-18(11-9-16)24(2)3/h8-12,15,19H,4-7,14H2,1-3H3,(H,23,25)/b17-12+/t15-,19-/m1/s1. The van der Waals surface area contributed by atoms with E-state index in [0.29, 0.717) is 5.92 Å². The van der Waals surface area contributed by atoms with Crippen molar-refractivity contribution < 1.29 is 14.3 Å². The van der Waals surface area contributed by atoms with Crippen molar-refractivity contribution in [3.8, 4) is 6.07 Å². The molecule has 1 aliphatic carbocycles. The van der Waals surface area contributed by atoms with Crippen LogP contribution in [0.15, 0.2) is 29.8 Å². The summed E-state index contributed by atoms with van der Waals surface area (Å²) in [4.78, 5) is 26.1. The third-order valence-electron chi connectivity index (χ3n) is 4.85. The minimum absolute atomic E-state index is 0.131. The van der Waals surface area contributed by atoms with Crippen molar-refractivity contribution in [1.29, 1.82) is 5.26 Å². The highest BCUT2D eigenvalue weighted by Gasteiger charge is 2.23. The molecule has 0 aromatic heterocycles. The molecule has 1 N–H and O–H groups in total. The van der Waals surface area contributed by atoms with E-state index in [1.807, 2.05) is 49.3 Å².